The van der Waals surface area contributed by atoms with Crippen LogP contribution in [0.15, 0.2) is 76.9 Å². The number of hydrogen-bond acceptors (Lipinski definition) is 8. The Morgan fingerprint density at radius 1 is 0.953 bits per heavy atom. The average Bonchev–Trinajstić information content (AvgIpc) is 3.71. The van der Waals surface area contributed by atoms with Gasteiger partial charge in [0.25, 0.3) is 10.0 Å². The lowest BCUT2D eigenvalue weighted by molar-refractivity contribution is -0.0592. The predicted molar refractivity (Wildman–Crippen MR) is 234 cm³/mol. The van der Waals surface area contributed by atoms with E-state index in [0.717, 1.165) is 23.8 Å². The molecule has 0 amide bonds. The number of imidazole rings is 1. The number of aryl methyl sites for hydroxylation is 3. The molecule has 0 spiro atoms. The first kappa shape index (κ1) is 40.8. The van der Waals surface area contributed by atoms with E-state index in [0.29, 0.717) is 52.1 Å². The minimum Gasteiger partial charge on any atom is -0.378 e. The molecule has 64 heavy (non-hydrogen) atoms. The van der Waals surface area contributed by atoms with Crippen LogP contribution in [-0.4, -0.2) is 77.4 Å². The highest BCUT2D eigenvalue weighted by Gasteiger charge is 2.58. The number of rotatable bonds is 7. The molecule has 2 bridgehead atoms. The van der Waals surface area contributed by atoms with Crippen molar-refractivity contribution in [2.45, 2.75) is 94.5 Å². The smallest absolute Gasteiger partial charge is 0.338 e. The van der Waals surface area contributed by atoms with Crippen molar-refractivity contribution in [3.8, 4) is 23.3 Å². The van der Waals surface area contributed by atoms with Crippen LogP contribution in [-0.2, 0) is 38.5 Å². The van der Waals surface area contributed by atoms with E-state index in [1.807, 2.05) is 13.0 Å². The number of aromatic nitrogens is 7. The first-order chi connectivity index (χ1) is 30.5. The van der Waals surface area contributed by atoms with Crippen LogP contribution < -0.4 is 5.69 Å². The Morgan fingerprint density at radius 3 is 2.41 bits per heavy atom. The summed E-state index contributed by atoms with van der Waals surface area (Å²) in [5.74, 6) is -0.677. The Morgan fingerprint density at radius 2 is 1.69 bits per heavy atom. The van der Waals surface area contributed by atoms with Gasteiger partial charge in [-0.1, -0.05) is 13.0 Å². The quantitative estimate of drug-likeness (QED) is 0.164. The molecule has 7 heterocycles. The molecule has 4 aliphatic rings. The fourth-order valence-corrected chi connectivity index (χ4v) is 12.8. The minimum atomic E-state index is -4.43. The van der Waals surface area contributed by atoms with Crippen molar-refractivity contribution >= 4 is 31.8 Å². The lowest BCUT2D eigenvalue weighted by Crippen LogP contribution is -2.54. The molecule has 4 aromatic heterocycles. The molecule has 330 valence electrons. The monoisotopic (exact) mass is 887 g/mol. The Bertz CT molecular complexity index is 3310. The van der Waals surface area contributed by atoms with Crippen LogP contribution in [0.5, 0.6) is 0 Å². The van der Waals surface area contributed by atoms with Gasteiger partial charge < -0.3 is 14.0 Å². The lowest BCUT2D eigenvalue weighted by atomic mass is 9.83. The van der Waals surface area contributed by atoms with Crippen molar-refractivity contribution in [1.29, 1.82) is 5.26 Å². The second-order valence-corrected chi connectivity index (χ2v) is 20.5. The summed E-state index contributed by atoms with van der Waals surface area (Å²) in [6.07, 6.45) is 6.65. The molecule has 14 nitrogen and oxygen atoms in total. The van der Waals surface area contributed by atoms with E-state index in [1.165, 1.54) is 38.1 Å². The number of fused-ring (bicyclic) bond motifs is 6. The summed E-state index contributed by atoms with van der Waals surface area (Å²) in [6, 6.07) is 15.1. The zero-order valence-electron chi connectivity index (χ0n) is 36.3. The van der Waals surface area contributed by atoms with Gasteiger partial charge in [-0.25, -0.2) is 26.7 Å². The zero-order valence-corrected chi connectivity index (χ0v) is 37.2. The van der Waals surface area contributed by atoms with Gasteiger partial charge in [-0.05, 0) is 118 Å². The van der Waals surface area contributed by atoms with E-state index < -0.39 is 39.2 Å². The number of morpholine rings is 1. The normalized spacial score (nSPS) is 24.3. The van der Waals surface area contributed by atoms with Gasteiger partial charge in [0.05, 0.1) is 76.7 Å². The van der Waals surface area contributed by atoms with E-state index in [9.17, 15) is 10.1 Å². The molecule has 0 unspecified atom stereocenters. The van der Waals surface area contributed by atoms with Crippen LogP contribution in [0.4, 0.5) is 8.78 Å². The second kappa shape index (κ2) is 14.0. The molecular formula is C47H47F2N9O5S. The maximum atomic E-state index is 16.2. The van der Waals surface area contributed by atoms with Crippen molar-refractivity contribution in [1.82, 2.24) is 37.6 Å². The van der Waals surface area contributed by atoms with Gasteiger partial charge in [0.2, 0.25) is 0 Å². The molecule has 11 rings (SSSR count). The van der Waals surface area contributed by atoms with Gasteiger partial charge in [-0.15, -0.1) is 0 Å². The van der Waals surface area contributed by atoms with Gasteiger partial charge in [-0.2, -0.15) is 19.8 Å². The third-order valence-electron chi connectivity index (χ3n) is 14.1. The summed E-state index contributed by atoms with van der Waals surface area (Å²) in [5, 5.41) is 21.0. The van der Waals surface area contributed by atoms with Crippen molar-refractivity contribution in [3.05, 3.63) is 117 Å². The van der Waals surface area contributed by atoms with Crippen LogP contribution in [0.25, 0.3) is 39.0 Å². The SMILES string of the molecule is Cc1cc(-n2nc3c(c2-n2ccn(-c4ccc5c(cnn5C)c4F)c2=O)[C@@H]2COC[C@H](C3)N2S(=O)(=O)c2cc3cc([C@H]4CCOC(C)(C)C4)ccc3n2[C@@]2(C#N)C[C@@H]2C)cc(C)c1F. The van der Waals surface area contributed by atoms with E-state index in [-0.39, 0.29) is 64.8 Å². The molecule has 3 aliphatic heterocycles. The van der Waals surface area contributed by atoms with Gasteiger partial charge in [0.1, 0.15) is 17.2 Å². The second-order valence-electron chi connectivity index (χ2n) is 18.7. The van der Waals surface area contributed by atoms with E-state index in [4.69, 9.17) is 14.6 Å². The number of benzene rings is 3. The molecule has 3 aromatic carbocycles. The first-order valence-electron chi connectivity index (χ1n) is 21.7. The molecule has 1 saturated carbocycles. The molecule has 1 aliphatic carbocycles. The van der Waals surface area contributed by atoms with Crippen LogP contribution in [0.3, 0.4) is 0 Å². The van der Waals surface area contributed by atoms with Crippen molar-refractivity contribution in [2.24, 2.45) is 13.0 Å². The highest BCUT2D eigenvalue weighted by molar-refractivity contribution is 7.89. The van der Waals surface area contributed by atoms with Crippen LogP contribution in [0.2, 0.25) is 0 Å². The van der Waals surface area contributed by atoms with Gasteiger partial charge >= 0.3 is 5.69 Å². The van der Waals surface area contributed by atoms with Crippen molar-refractivity contribution in [2.75, 3.05) is 19.8 Å². The number of ether oxygens (including phenoxy) is 2. The van der Waals surface area contributed by atoms with Gasteiger partial charge in [0, 0.05) is 43.4 Å². The first-order valence-corrected chi connectivity index (χ1v) is 23.1. The number of halogens is 2. The van der Waals surface area contributed by atoms with Crippen LogP contribution in [0, 0.1) is 42.7 Å². The Balaban J connectivity index is 1.09. The predicted octanol–water partition coefficient (Wildman–Crippen LogP) is 7.17. The van der Waals surface area contributed by atoms with Gasteiger partial charge in [0.15, 0.2) is 10.8 Å². The molecular weight excluding hydrogens is 841 g/mol. The molecule has 2 saturated heterocycles. The molecule has 7 aromatic rings. The standard InChI is InChI=1S/C47H47F2N9O5S/c1-26-15-32(16-27(2)42(26)48)57-44(55-13-12-54(45(55)59)38-10-9-37-34(43(38)49)22-51-53(37)6)41-35(52-57)19-33-23-62-24-39(41)58(33)64(60,61)40-18-31-17-29(30-11-14-63-46(4,5)21-30)7-8-36(31)56(40)47(25-50)20-28(47)3/h7-10,12-13,15-18,22,28,30,33,39H,11,14,19-21,23-24H2,1-6H3/t28-,30-,33-,39-,47+/m0/s1. The summed E-state index contributed by atoms with van der Waals surface area (Å²) in [7, 11) is -2.72. The van der Waals surface area contributed by atoms with E-state index in [2.05, 4.69) is 37.1 Å². The summed E-state index contributed by atoms with van der Waals surface area (Å²) in [5.41, 5.74) is 2.46. The maximum Gasteiger partial charge on any atom is 0.338 e. The number of nitriles is 1. The Kier molecular flexibility index (Phi) is 8.95. The Labute approximate surface area is 367 Å². The third-order valence-corrected chi connectivity index (χ3v) is 16.1. The maximum absolute atomic E-state index is 16.2. The van der Waals surface area contributed by atoms with Crippen LogP contribution >= 0.6 is 0 Å². The number of sulfonamides is 1. The minimum absolute atomic E-state index is 0.000154. The molecule has 17 heteroatoms. The third kappa shape index (κ3) is 5.88. The fourth-order valence-electron chi connectivity index (χ4n) is 10.8. The largest absolute Gasteiger partial charge is 0.378 e. The van der Waals surface area contributed by atoms with Gasteiger partial charge in [-0.3, -0.25) is 13.8 Å². The number of nitrogens with zero attached hydrogens (tertiary/aromatic N) is 9. The van der Waals surface area contributed by atoms with Crippen molar-refractivity contribution in [3.63, 3.8) is 0 Å². The molecule has 0 radical (unpaired) electrons. The summed E-state index contributed by atoms with van der Waals surface area (Å²) < 4.78 is 83.8. The highest BCUT2D eigenvalue weighted by Crippen LogP contribution is 2.54. The topological polar surface area (TPSA) is 147 Å². The average molecular weight is 888 g/mol. The summed E-state index contributed by atoms with van der Waals surface area (Å²) in [4.78, 5) is 14.7. The molecule has 0 N–H and O–H groups in total. The summed E-state index contributed by atoms with van der Waals surface area (Å²) in [6.45, 7) is 10.1. The molecule has 3 fully saturated rings. The zero-order chi connectivity index (χ0) is 44.8. The summed E-state index contributed by atoms with van der Waals surface area (Å²) >= 11 is 0. The molecule has 5 atom stereocenters. The Hall–Kier alpha value is -5.93. The number of hydrogen-bond donors (Lipinski definition) is 0. The van der Waals surface area contributed by atoms with Crippen LogP contribution in [0.1, 0.15) is 79.9 Å². The van der Waals surface area contributed by atoms with E-state index in [1.54, 1.807) is 59.1 Å². The lowest BCUT2D eigenvalue weighted by Gasteiger charge is -2.44. The highest BCUT2D eigenvalue weighted by atomic mass is 32.2. The van der Waals surface area contributed by atoms with Crippen molar-refractivity contribution < 1.29 is 26.7 Å². The fraction of sp³-hybridized carbons (Fsp3) is 0.404. The van der Waals surface area contributed by atoms with E-state index >= 15 is 17.2 Å².